The first-order chi connectivity index (χ1) is 10.8. The van der Waals surface area contributed by atoms with Crippen LogP contribution in [-0.2, 0) is 9.59 Å². The molecule has 3 atom stereocenters. The molecule has 0 radical (unpaired) electrons. The highest BCUT2D eigenvalue weighted by Gasteiger charge is 2.59. The van der Waals surface area contributed by atoms with Gasteiger partial charge in [-0.1, -0.05) is 0 Å². The predicted molar refractivity (Wildman–Crippen MR) is 83.6 cm³/mol. The molecule has 5 aliphatic rings. The first kappa shape index (κ1) is 15.4. The zero-order valence-electron chi connectivity index (χ0n) is 13.5. The third kappa shape index (κ3) is 2.48. The van der Waals surface area contributed by atoms with Crippen molar-refractivity contribution in [2.45, 2.75) is 63.3 Å². The Kier molecular flexibility index (Phi) is 3.32. The van der Waals surface area contributed by atoms with Crippen LogP contribution in [0.1, 0.15) is 57.8 Å². The van der Waals surface area contributed by atoms with Gasteiger partial charge in [0.1, 0.15) is 5.54 Å². The van der Waals surface area contributed by atoms with E-state index in [0.29, 0.717) is 18.3 Å². The van der Waals surface area contributed by atoms with Crippen LogP contribution >= 0.6 is 0 Å². The Morgan fingerprint density at radius 3 is 1.91 bits per heavy atom. The maximum atomic E-state index is 11.8. The summed E-state index contributed by atoms with van der Waals surface area (Å²) in [6, 6.07) is 0. The molecule has 0 aliphatic heterocycles. The molecule has 0 saturated heterocycles. The molecule has 1 unspecified atom stereocenters. The van der Waals surface area contributed by atoms with E-state index in [-0.39, 0.29) is 0 Å². The summed E-state index contributed by atoms with van der Waals surface area (Å²) >= 11 is 0. The lowest BCUT2D eigenvalue weighted by Gasteiger charge is -2.57. The number of rotatable bonds is 6. The summed E-state index contributed by atoms with van der Waals surface area (Å²) in [5.41, 5.74) is 5.18. The second-order valence-corrected chi connectivity index (χ2v) is 9.05. The van der Waals surface area contributed by atoms with E-state index >= 15 is 0 Å². The molecule has 0 aromatic heterocycles. The molecular weight excluding hydrogens is 294 g/mol. The fourth-order valence-electron chi connectivity index (χ4n) is 6.56. The molecule has 5 fully saturated rings. The third-order valence-corrected chi connectivity index (χ3v) is 7.40. The maximum absolute atomic E-state index is 11.8. The molecule has 5 aliphatic carbocycles. The van der Waals surface area contributed by atoms with Crippen molar-refractivity contribution < 1.29 is 19.8 Å². The zero-order valence-corrected chi connectivity index (χ0v) is 13.5. The highest BCUT2D eigenvalue weighted by Crippen LogP contribution is 2.62. The van der Waals surface area contributed by atoms with Crippen LogP contribution in [-0.4, -0.2) is 27.7 Å². The average Bonchev–Trinajstić information content (AvgIpc) is 3.24. The molecule has 4 N–H and O–H groups in total. The standard InChI is InChI=1S/C18H27NO4/c19-18(16(22)23,14-6-13(14)15(20)21)2-1-17-7-10-3-11(8-17)5-12(4-10)9-17/h10-14H,1-9,19H2,(H,20,21)(H,22,23)/t10?,11?,12?,13-,14-,17?,18?/m0/s1. The van der Waals surface area contributed by atoms with Crippen LogP contribution in [0.25, 0.3) is 0 Å². The van der Waals surface area contributed by atoms with Crippen LogP contribution in [0.3, 0.4) is 0 Å². The van der Waals surface area contributed by atoms with Gasteiger partial charge in [0.25, 0.3) is 0 Å². The quantitative estimate of drug-likeness (QED) is 0.698. The molecule has 23 heavy (non-hydrogen) atoms. The Morgan fingerprint density at radius 1 is 1.00 bits per heavy atom. The number of nitrogens with two attached hydrogens (primary N) is 1. The van der Waals surface area contributed by atoms with E-state index in [4.69, 9.17) is 10.8 Å². The van der Waals surface area contributed by atoms with Gasteiger partial charge in [-0.25, -0.2) is 0 Å². The van der Waals surface area contributed by atoms with Crippen molar-refractivity contribution in [3.63, 3.8) is 0 Å². The van der Waals surface area contributed by atoms with Gasteiger partial charge in [-0.05, 0) is 81.0 Å². The molecule has 128 valence electrons. The van der Waals surface area contributed by atoms with Crippen molar-refractivity contribution in [3.05, 3.63) is 0 Å². The molecule has 4 bridgehead atoms. The number of hydrogen-bond acceptors (Lipinski definition) is 3. The normalized spacial score (nSPS) is 46.4. The lowest BCUT2D eigenvalue weighted by molar-refractivity contribution is -0.146. The first-order valence-corrected chi connectivity index (χ1v) is 9.06. The second-order valence-electron chi connectivity index (χ2n) is 9.05. The highest BCUT2D eigenvalue weighted by atomic mass is 16.4. The van der Waals surface area contributed by atoms with Gasteiger partial charge < -0.3 is 15.9 Å². The Hall–Kier alpha value is -1.10. The van der Waals surface area contributed by atoms with Crippen LogP contribution in [0.2, 0.25) is 0 Å². The summed E-state index contributed by atoms with van der Waals surface area (Å²) in [5, 5.41) is 18.8. The summed E-state index contributed by atoms with van der Waals surface area (Å²) in [6.07, 6.45) is 9.54. The van der Waals surface area contributed by atoms with Crippen molar-refractivity contribution in [1.82, 2.24) is 0 Å². The molecule has 0 amide bonds. The van der Waals surface area contributed by atoms with Gasteiger partial charge in [0, 0.05) is 5.92 Å². The van der Waals surface area contributed by atoms with E-state index in [9.17, 15) is 14.7 Å². The number of carboxylic acids is 2. The van der Waals surface area contributed by atoms with Crippen molar-refractivity contribution in [2.75, 3.05) is 0 Å². The Bertz CT molecular complexity index is 510. The number of carbonyl (C=O) groups is 2. The topological polar surface area (TPSA) is 101 Å². The smallest absolute Gasteiger partial charge is 0.323 e. The van der Waals surface area contributed by atoms with Gasteiger partial charge in [-0.15, -0.1) is 0 Å². The van der Waals surface area contributed by atoms with E-state index in [1.807, 2.05) is 0 Å². The summed E-state index contributed by atoms with van der Waals surface area (Å²) in [4.78, 5) is 22.9. The Morgan fingerprint density at radius 2 is 1.52 bits per heavy atom. The SMILES string of the molecule is NC(CCC12CC3CC(CC(C3)C1)C2)(C(=O)O)[C@H]1C[C@@H]1C(=O)O. The lowest BCUT2D eigenvalue weighted by atomic mass is 9.48. The Balaban J connectivity index is 1.46. The van der Waals surface area contributed by atoms with Crippen LogP contribution < -0.4 is 5.73 Å². The number of hydrogen-bond donors (Lipinski definition) is 3. The van der Waals surface area contributed by atoms with Crippen molar-refractivity contribution in [2.24, 2.45) is 40.7 Å². The van der Waals surface area contributed by atoms with Gasteiger partial charge in [0.05, 0.1) is 5.92 Å². The van der Waals surface area contributed by atoms with Crippen LogP contribution in [0.15, 0.2) is 0 Å². The van der Waals surface area contributed by atoms with E-state index in [2.05, 4.69) is 0 Å². The predicted octanol–water partition coefficient (Wildman–Crippen LogP) is 2.49. The fraction of sp³-hybridized carbons (Fsp3) is 0.889. The number of aliphatic carboxylic acids is 2. The largest absolute Gasteiger partial charge is 0.481 e. The second kappa shape index (κ2) is 4.95. The van der Waals surface area contributed by atoms with Crippen molar-refractivity contribution >= 4 is 11.9 Å². The van der Waals surface area contributed by atoms with Crippen LogP contribution in [0, 0.1) is 35.0 Å². The minimum Gasteiger partial charge on any atom is -0.481 e. The molecule has 0 heterocycles. The van der Waals surface area contributed by atoms with E-state index in [1.165, 1.54) is 38.5 Å². The zero-order chi connectivity index (χ0) is 16.4. The molecular formula is C18H27NO4. The molecule has 5 rings (SSSR count). The van der Waals surface area contributed by atoms with Gasteiger partial charge in [-0.3, -0.25) is 9.59 Å². The van der Waals surface area contributed by atoms with Crippen LogP contribution in [0.4, 0.5) is 0 Å². The van der Waals surface area contributed by atoms with Gasteiger partial charge in [0.2, 0.25) is 0 Å². The van der Waals surface area contributed by atoms with E-state index in [1.54, 1.807) is 0 Å². The summed E-state index contributed by atoms with van der Waals surface area (Å²) in [6.45, 7) is 0. The first-order valence-electron chi connectivity index (χ1n) is 9.06. The van der Waals surface area contributed by atoms with Gasteiger partial charge in [0.15, 0.2) is 0 Å². The maximum Gasteiger partial charge on any atom is 0.323 e. The summed E-state index contributed by atoms with van der Waals surface area (Å²) in [5.74, 6) is -0.362. The molecule has 0 spiro atoms. The van der Waals surface area contributed by atoms with Gasteiger partial charge in [-0.2, -0.15) is 0 Å². The average molecular weight is 321 g/mol. The minimum absolute atomic E-state index is 0.294. The molecule has 5 saturated carbocycles. The third-order valence-electron chi connectivity index (χ3n) is 7.40. The van der Waals surface area contributed by atoms with Crippen molar-refractivity contribution in [1.29, 1.82) is 0 Å². The fourth-order valence-corrected chi connectivity index (χ4v) is 6.56. The summed E-state index contributed by atoms with van der Waals surface area (Å²) in [7, 11) is 0. The van der Waals surface area contributed by atoms with Crippen molar-refractivity contribution in [3.8, 4) is 0 Å². The highest BCUT2D eigenvalue weighted by molar-refractivity contribution is 5.83. The molecule has 5 nitrogen and oxygen atoms in total. The Labute approximate surface area is 136 Å². The molecule has 0 aromatic carbocycles. The molecule has 5 heteroatoms. The van der Waals surface area contributed by atoms with Gasteiger partial charge >= 0.3 is 11.9 Å². The summed E-state index contributed by atoms with van der Waals surface area (Å²) < 4.78 is 0. The minimum atomic E-state index is -1.35. The monoisotopic (exact) mass is 321 g/mol. The lowest BCUT2D eigenvalue weighted by Crippen LogP contribution is -2.53. The van der Waals surface area contributed by atoms with E-state index in [0.717, 1.165) is 24.2 Å². The molecule has 0 aromatic rings. The van der Waals surface area contributed by atoms with E-state index < -0.39 is 29.3 Å². The number of carboxylic acid groups (broad SMARTS) is 2. The van der Waals surface area contributed by atoms with Crippen LogP contribution in [0.5, 0.6) is 0 Å².